The van der Waals surface area contributed by atoms with Crippen LogP contribution in [0, 0.1) is 0 Å². The van der Waals surface area contributed by atoms with Crippen LogP contribution in [0.4, 0.5) is 5.82 Å². The summed E-state index contributed by atoms with van der Waals surface area (Å²) in [5.41, 5.74) is -0.184. The van der Waals surface area contributed by atoms with Gasteiger partial charge in [0.1, 0.15) is 23.0 Å². The minimum atomic E-state index is -0.253. The summed E-state index contributed by atoms with van der Waals surface area (Å²) in [5.74, 6) is 1.31. The minimum absolute atomic E-state index is 0.138. The lowest BCUT2D eigenvalue weighted by Gasteiger charge is -2.21. The molecule has 0 amide bonds. The molecule has 0 aliphatic carbocycles. The third-order valence-corrected chi connectivity index (χ3v) is 5.32. The zero-order valence-corrected chi connectivity index (χ0v) is 14.9. The number of ether oxygens (including phenoxy) is 1. The first-order valence-electron chi connectivity index (χ1n) is 8.42. The topological polar surface area (TPSA) is 99.8 Å². The summed E-state index contributed by atoms with van der Waals surface area (Å²) in [7, 11) is 0. The SMILES string of the molecule is O=c1ccc(-n2cccn2)nn1C1COCC1Nc1ncnc2sccc12. The summed E-state index contributed by atoms with van der Waals surface area (Å²) in [6, 6.07) is 6.56. The van der Waals surface area contributed by atoms with Crippen LogP contribution >= 0.6 is 11.3 Å². The summed E-state index contributed by atoms with van der Waals surface area (Å²) < 4.78 is 8.73. The molecule has 0 spiro atoms. The Morgan fingerprint density at radius 1 is 1.22 bits per heavy atom. The number of aromatic nitrogens is 6. The van der Waals surface area contributed by atoms with Crippen molar-refractivity contribution in [1.29, 1.82) is 0 Å². The highest BCUT2D eigenvalue weighted by Crippen LogP contribution is 2.27. The predicted octanol–water partition coefficient (Wildman–Crippen LogP) is 1.49. The van der Waals surface area contributed by atoms with Gasteiger partial charge in [0.25, 0.3) is 5.56 Å². The van der Waals surface area contributed by atoms with E-state index in [1.165, 1.54) is 17.1 Å². The number of anilines is 1. The summed E-state index contributed by atoms with van der Waals surface area (Å²) in [6.45, 7) is 0.853. The Kier molecular flexibility index (Phi) is 3.91. The van der Waals surface area contributed by atoms with Crippen LogP contribution in [-0.4, -0.2) is 48.8 Å². The molecule has 0 bridgehead atoms. The van der Waals surface area contributed by atoms with Crippen LogP contribution in [0.3, 0.4) is 0 Å². The standard InChI is InChI=1S/C17H15N7O2S/c25-15-3-2-14(23-6-1-5-20-23)22-24(15)13-9-26-8-12(13)21-16-11-4-7-27-17(11)19-10-18-16/h1-7,10,12-13H,8-9H2,(H,18,19,21). The molecule has 5 rings (SSSR count). The second-order valence-electron chi connectivity index (χ2n) is 6.14. The van der Waals surface area contributed by atoms with E-state index in [4.69, 9.17) is 4.74 Å². The van der Waals surface area contributed by atoms with Gasteiger partial charge < -0.3 is 10.1 Å². The molecule has 1 N–H and O–H groups in total. The van der Waals surface area contributed by atoms with E-state index in [1.54, 1.807) is 40.5 Å². The maximum atomic E-state index is 12.5. The van der Waals surface area contributed by atoms with Crippen molar-refractivity contribution in [2.45, 2.75) is 12.1 Å². The zero-order valence-electron chi connectivity index (χ0n) is 14.1. The van der Waals surface area contributed by atoms with Crippen molar-refractivity contribution in [2.24, 2.45) is 0 Å². The summed E-state index contributed by atoms with van der Waals surface area (Å²) in [5, 5.41) is 15.0. The number of hydrogen-bond acceptors (Lipinski definition) is 8. The molecule has 1 saturated heterocycles. The Morgan fingerprint density at radius 2 is 2.19 bits per heavy atom. The highest BCUT2D eigenvalue weighted by molar-refractivity contribution is 7.16. The van der Waals surface area contributed by atoms with Crippen molar-refractivity contribution in [1.82, 2.24) is 29.5 Å². The van der Waals surface area contributed by atoms with E-state index in [0.717, 1.165) is 16.0 Å². The number of thiophene rings is 1. The molecule has 4 aromatic rings. The second-order valence-corrected chi connectivity index (χ2v) is 7.04. The Hall–Kier alpha value is -3.11. The van der Waals surface area contributed by atoms with Crippen molar-refractivity contribution >= 4 is 27.4 Å². The van der Waals surface area contributed by atoms with Crippen LogP contribution in [0.1, 0.15) is 6.04 Å². The van der Waals surface area contributed by atoms with Gasteiger partial charge in [0.15, 0.2) is 5.82 Å². The first-order valence-corrected chi connectivity index (χ1v) is 9.30. The van der Waals surface area contributed by atoms with E-state index in [9.17, 15) is 4.79 Å². The molecule has 10 heteroatoms. The molecular formula is C17H15N7O2S. The van der Waals surface area contributed by atoms with Gasteiger partial charge in [0, 0.05) is 18.5 Å². The van der Waals surface area contributed by atoms with Gasteiger partial charge in [0.2, 0.25) is 0 Å². The fourth-order valence-electron chi connectivity index (χ4n) is 3.18. The zero-order chi connectivity index (χ0) is 18.2. The Morgan fingerprint density at radius 3 is 3.07 bits per heavy atom. The number of hydrogen-bond donors (Lipinski definition) is 1. The average Bonchev–Trinajstić information content (AvgIpc) is 3.44. The summed E-state index contributed by atoms with van der Waals surface area (Å²) in [4.78, 5) is 22.0. The highest BCUT2D eigenvalue weighted by atomic mass is 32.1. The molecule has 9 nitrogen and oxygen atoms in total. The molecule has 1 aliphatic heterocycles. The number of nitrogens with one attached hydrogen (secondary N) is 1. The normalized spacial score (nSPS) is 19.6. The minimum Gasteiger partial charge on any atom is -0.377 e. The maximum Gasteiger partial charge on any atom is 0.267 e. The summed E-state index contributed by atoms with van der Waals surface area (Å²) in [6.07, 6.45) is 4.99. The van der Waals surface area contributed by atoms with Gasteiger partial charge in [-0.25, -0.2) is 19.3 Å². The molecule has 1 fully saturated rings. The van der Waals surface area contributed by atoms with Crippen LogP contribution in [-0.2, 0) is 4.74 Å². The molecule has 1 aliphatic rings. The first-order chi connectivity index (χ1) is 13.3. The largest absolute Gasteiger partial charge is 0.377 e. The molecule has 4 aromatic heterocycles. The van der Waals surface area contributed by atoms with Crippen molar-refractivity contribution in [3.05, 3.63) is 58.7 Å². The molecule has 0 saturated carbocycles. The molecule has 5 heterocycles. The van der Waals surface area contributed by atoms with Gasteiger partial charge in [-0.3, -0.25) is 4.79 Å². The van der Waals surface area contributed by atoms with Crippen molar-refractivity contribution < 1.29 is 4.74 Å². The molecule has 0 aromatic carbocycles. The van der Waals surface area contributed by atoms with Gasteiger partial charge in [-0.1, -0.05) is 0 Å². The quantitative estimate of drug-likeness (QED) is 0.572. The predicted molar refractivity (Wildman–Crippen MR) is 100 cm³/mol. The van der Waals surface area contributed by atoms with Gasteiger partial charge in [-0.15, -0.1) is 16.4 Å². The third-order valence-electron chi connectivity index (χ3n) is 4.50. The number of fused-ring (bicyclic) bond motifs is 1. The van der Waals surface area contributed by atoms with Gasteiger partial charge in [0.05, 0.1) is 24.6 Å². The Labute approximate surface area is 157 Å². The summed E-state index contributed by atoms with van der Waals surface area (Å²) >= 11 is 1.56. The average molecular weight is 381 g/mol. The van der Waals surface area contributed by atoms with E-state index < -0.39 is 0 Å². The lowest BCUT2D eigenvalue weighted by molar-refractivity contribution is 0.182. The lowest BCUT2D eigenvalue weighted by atomic mass is 10.1. The smallest absolute Gasteiger partial charge is 0.267 e. The Balaban J connectivity index is 1.49. The first kappa shape index (κ1) is 16.1. The molecule has 27 heavy (non-hydrogen) atoms. The molecule has 0 radical (unpaired) electrons. The van der Waals surface area contributed by atoms with Gasteiger partial charge in [-0.2, -0.15) is 5.10 Å². The van der Waals surface area contributed by atoms with E-state index in [0.29, 0.717) is 19.0 Å². The van der Waals surface area contributed by atoms with E-state index in [-0.39, 0.29) is 17.6 Å². The van der Waals surface area contributed by atoms with Crippen LogP contribution in [0.25, 0.3) is 16.0 Å². The van der Waals surface area contributed by atoms with E-state index >= 15 is 0 Å². The van der Waals surface area contributed by atoms with Crippen LogP contribution in [0.5, 0.6) is 0 Å². The fraction of sp³-hybridized carbons (Fsp3) is 0.235. The van der Waals surface area contributed by atoms with Gasteiger partial charge in [-0.05, 0) is 23.6 Å². The second kappa shape index (κ2) is 6.56. The fourth-order valence-corrected chi connectivity index (χ4v) is 3.91. The molecule has 136 valence electrons. The van der Waals surface area contributed by atoms with Crippen molar-refractivity contribution in [3.63, 3.8) is 0 Å². The Bertz CT molecular complexity index is 1140. The third kappa shape index (κ3) is 2.88. The van der Waals surface area contributed by atoms with Crippen LogP contribution in [0.15, 0.2) is 53.2 Å². The number of nitrogens with zero attached hydrogens (tertiary/aromatic N) is 6. The van der Waals surface area contributed by atoms with Crippen LogP contribution in [0.2, 0.25) is 0 Å². The van der Waals surface area contributed by atoms with E-state index in [2.05, 4.69) is 25.5 Å². The highest BCUT2D eigenvalue weighted by Gasteiger charge is 2.32. The molecule has 2 atom stereocenters. The van der Waals surface area contributed by atoms with Crippen molar-refractivity contribution in [3.8, 4) is 5.82 Å². The lowest BCUT2D eigenvalue weighted by Crippen LogP contribution is -2.37. The van der Waals surface area contributed by atoms with Gasteiger partial charge >= 0.3 is 0 Å². The maximum absolute atomic E-state index is 12.5. The van der Waals surface area contributed by atoms with E-state index in [1.807, 2.05) is 11.4 Å². The molecule has 2 unspecified atom stereocenters. The van der Waals surface area contributed by atoms with Crippen molar-refractivity contribution in [2.75, 3.05) is 18.5 Å². The van der Waals surface area contributed by atoms with Crippen LogP contribution < -0.4 is 10.9 Å². The monoisotopic (exact) mass is 381 g/mol. The molecular weight excluding hydrogens is 366 g/mol. The number of rotatable bonds is 4.